The summed E-state index contributed by atoms with van der Waals surface area (Å²) >= 11 is 0. The minimum absolute atomic E-state index is 0.363. The van der Waals surface area contributed by atoms with Crippen molar-refractivity contribution in [2.75, 3.05) is 0 Å². The van der Waals surface area contributed by atoms with Crippen LogP contribution in [-0.4, -0.2) is 22.8 Å². The van der Waals surface area contributed by atoms with Crippen LogP contribution in [0, 0.1) is 16.7 Å². The van der Waals surface area contributed by atoms with Gasteiger partial charge in [0.1, 0.15) is 0 Å². The highest BCUT2D eigenvalue weighted by Crippen LogP contribution is 2.56. The van der Waals surface area contributed by atoms with Gasteiger partial charge >= 0.3 is 12.0 Å². The Morgan fingerprint density at radius 1 is 1.39 bits per heavy atom. The van der Waals surface area contributed by atoms with Crippen LogP contribution < -0.4 is 11.2 Å². The highest BCUT2D eigenvalue weighted by atomic mass is 16.4. The molecule has 4 N–H and O–H groups in total. The van der Waals surface area contributed by atoms with Crippen LogP contribution in [0.3, 0.4) is 0 Å². The van der Waals surface area contributed by atoms with E-state index in [0.717, 1.165) is 6.42 Å². The SMILES string of the molecule is CC(=NNC(N)=O)[C@]1(C)CC[C@H](C(=O)O)C1(C)C. The molecule has 0 heterocycles. The molecule has 2 amide bonds. The summed E-state index contributed by atoms with van der Waals surface area (Å²) in [5, 5.41) is 13.2. The first-order valence-electron chi connectivity index (χ1n) is 5.96. The number of nitrogens with zero attached hydrogens (tertiary/aromatic N) is 1. The summed E-state index contributed by atoms with van der Waals surface area (Å²) in [7, 11) is 0. The van der Waals surface area contributed by atoms with E-state index >= 15 is 0 Å². The lowest BCUT2D eigenvalue weighted by molar-refractivity contribution is -0.145. The van der Waals surface area contributed by atoms with E-state index in [2.05, 4.69) is 10.5 Å². The zero-order chi connectivity index (χ0) is 14.1. The van der Waals surface area contributed by atoms with Gasteiger partial charge < -0.3 is 10.8 Å². The van der Waals surface area contributed by atoms with Crippen LogP contribution >= 0.6 is 0 Å². The standard InChI is InChI=1S/C12H21N3O3/c1-7(14-15-10(13)18)12(4)6-5-8(9(16)17)11(12,2)3/h8H,5-6H2,1-4H3,(H,16,17)(H3,13,15,18)/t8-,12+/m1/s1. The number of hydrogen-bond acceptors (Lipinski definition) is 3. The average molecular weight is 255 g/mol. The van der Waals surface area contributed by atoms with E-state index in [9.17, 15) is 14.7 Å². The van der Waals surface area contributed by atoms with Crippen LogP contribution in [0.5, 0.6) is 0 Å². The molecule has 0 aromatic rings. The molecule has 0 bridgehead atoms. The fraction of sp³-hybridized carbons (Fsp3) is 0.750. The van der Waals surface area contributed by atoms with E-state index in [1.165, 1.54) is 0 Å². The molecule has 102 valence electrons. The number of amides is 2. The molecule has 0 saturated heterocycles. The smallest absolute Gasteiger partial charge is 0.332 e. The second-order valence-corrected chi connectivity index (χ2v) is 5.66. The lowest BCUT2D eigenvalue weighted by Gasteiger charge is -2.40. The molecule has 0 aromatic heterocycles. The molecule has 0 aromatic carbocycles. The summed E-state index contributed by atoms with van der Waals surface area (Å²) < 4.78 is 0. The van der Waals surface area contributed by atoms with Gasteiger partial charge in [-0.1, -0.05) is 20.8 Å². The van der Waals surface area contributed by atoms with E-state index in [1.54, 1.807) is 6.92 Å². The van der Waals surface area contributed by atoms with E-state index < -0.39 is 23.3 Å². The summed E-state index contributed by atoms with van der Waals surface area (Å²) in [4.78, 5) is 21.9. The molecule has 0 aliphatic heterocycles. The maximum atomic E-state index is 11.3. The first kappa shape index (κ1) is 14.5. The Morgan fingerprint density at radius 3 is 2.33 bits per heavy atom. The lowest BCUT2D eigenvalue weighted by Crippen LogP contribution is -2.42. The molecule has 1 aliphatic rings. The second kappa shape index (κ2) is 4.59. The van der Waals surface area contributed by atoms with E-state index in [1.807, 2.05) is 20.8 Å². The van der Waals surface area contributed by atoms with Crippen molar-refractivity contribution in [2.24, 2.45) is 27.6 Å². The van der Waals surface area contributed by atoms with E-state index in [-0.39, 0.29) is 5.41 Å². The molecule has 0 unspecified atom stereocenters. The summed E-state index contributed by atoms with van der Waals surface area (Å²) in [6, 6.07) is -0.719. The summed E-state index contributed by atoms with van der Waals surface area (Å²) in [6.45, 7) is 7.64. The third kappa shape index (κ3) is 2.19. The molecule has 6 heteroatoms. The molecule has 0 spiro atoms. The summed E-state index contributed by atoms with van der Waals surface area (Å²) in [5.74, 6) is -1.18. The van der Waals surface area contributed by atoms with Gasteiger partial charge in [0, 0.05) is 11.1 Å². The van der Waals surface area contributed by atoms with Crippen molar-refractivity contribution in [2.45, 2.75) is 40.5 Å². The monoisotopic (exact) mass is 255 g/mol. The van der Waals surface area contributed by atoms with E-state index in [4.69, 9.17) is 5.73 Å². The molecule has 6 nitrogen and oxygen atoms in total. The molecule has 2 atom stereocenters. The number of nitrogens with one attached hydrogen (secondary N) is 1. The molecule has 1 aliphatic carbocycles. The van der Waals surface area contributed by atoms with E-state index in [0.29, 0.717) is 12.1 Å². The minimum atomic E-state index is -0.778. The highest BCUT2D eigenvalue weighted by molar-refractivity contribution is 5.91. The molecular formula is C12H21N3O3. The number of carbonyl (C=O) groups is 2. The Balaban J connectivity index is 3.04. The van der Waals surface area contributed by atoms with Gasteiger partial charge in [0.25, 0.3) is 0 Å². The zero-order valence-electron chi connectivity index (χ0n) is 11.3. The molecule has 0 radical (unpaired) electrons. The minimum Gasteiger partial charge on any atom is -0.481 e. The van der Waals surface area contributed by atoms with Gasteiger partial charge in [0.2, 0.25) is 0 Å². The first-order valence-corrected chi connectivity index (χ1v) is 5.96. The maximum Gasteiger partial charge on any atom is 0.332 e. The van der Waals surface area contributed by atoms with Gasteiger partial charge in [-0.2, -0.15) is 5.10 Å². The van der Waals surface area contributed by atoms with Crippen LogP contribution in [0.1, 0.15) is 40.5 Å². The van der Waals surface area contributed by atoms with Gasteiger partial charge in [-0.05, 0) is 25.2 Å². The lowest BCUT2D eigenvalue weighted by atomic mass is 9.63. The van der Waals surface area contributed by atoms with Crippen LogP contribution in [0.15, 0.2) is 5.10 Å². The van der Waals surface area contributed by atoms with Crippen LogP contribution in [0.25, 0.3) is 0 Å². The van der Waals surface area contributed by atoms with Crippen LogP contribution in [-0.2, 0) is 4.79 Å². The number of hydrazone groups is 1. The molecular weight excluding hydrogens is 234 g/mol. The number of primary amides is 1. The third-order valence-corrected chi connectivity index (χ3v) is 4.66. The molecule has 1 saturated carbocycles. The Kier molecular flexibility index (Phi) is 3.69. The average Bonchev–Trinajstić information content (AvgIpc) is 2.47. The third-order valence-electron chi connectivity index (χ3n) is 4.66. The largest absolute Gasteiger partial charge is 0.481 e. The maximum absolute atomic E-state index is 11.3. The van der Waals surface area contributed by atoms with Gasteiger partial charge in [-0.15, -0.1) is 0 Å². The Labute approximate surface area is 107 Å². The molecule has 1 rings (SSSR count). The number of hydrogen-bond donors (Lipinski definition) is 3. The topological polar surface area (TPSA) is 105 Å². The number of carbonyl (C=O) groups excluding carboxylic acids is 1. The predicted molar refractivity (Wildman–Crippen MR) is 68.1 cm³/mol. The number of aliphatic carboxylic acids is 1. The van der Waals surface area contributed by atoms with Gasteiger partial charge in [-0.3, -0.25) is 4.79 Å². The second-order valence-electron chi connectivity index (χ2n) is 5.66. The number of rotatable bonds is 3. The zero-order valence-corrected chi connectivity index (χ0v) is 11.3. The van der Waals surface area contributed by atoms with Crippen molar-refractivity contribution in [3.63, 3.8) is 0 Å². The fourth-order valence-electron chi connectivity index (χ4n) is 2.84. The van der Waals surface area contributed by atoms with Crippen molar-refractivity contribution in [1.29, 1.82) is 0 Å². The number of nitrogens with two attached hydrogens (primary N) is 1. The Hall–Kier alpha value is -1.59. The number of carboxylic acids is 1. The molecule has 1 fully saturated rings. The highest BCUT2D eigenvalue weighted by Gasteiger charge is 2.55. The molecule has 18 heavy (non-hydrogen) atoms. The quantitative estimate of drug-likeness (QED) is 0.526. The Bertz CT molecular complexity index is 403. The Morgan fingerprint density at radius 2 is 1.94 bits per heavy atom. The van der Waals surface area contributed by atoms with Crippen LogP contribution in [0.2, 0.25) is 0 Å². The van der Waals surface area contributed by atoms with Crippen molar-refractivity contribution in [3.05, 3.63) is 0 Å². The van der Waals surface area contributed by atoms with Crippen molar-refractivity contribution in [3.8, 4) is 0 Å². The summed E-state index contributed by atoms with van der Waals surface area (Å²) in [6.07, 6.45) is 1.34. The number of urea groups is 1. The van der Waals surface area contributed by atoms with Crippen molar-refractivity contribution >= 4 is 17.7 Å². The predicted octanol–water partition coefficient (Wildman–Crippen LogP) is 1.56. The fourth-order valence-corrected chi connectivity index (χ4v) is 2.84. The van der Waals surface area contributed by atoms with Gasteiger partial charge in [-0.25, -0.2) is 10.2 Å². The van der Waals surface area contributed by atoms with Crippen molar-refractivity contribution in [1.82, 2.24) is 5.43 Å². The van der Waals surface area contributed by atoms with Crippen molar-refractivity contribution < 1.29 is 14.7 Å². The number of carboxylic acid groups (broad SMARTS) is 1. The van der Waals surface area contributed by atoms with Gasteiger partial charge in [0.05, 0.1) is 5.92 Å². The van der Waals surface area contributed by atoms with Gasteiger partial charge in [0.15, 0.2) is 0 Å². The summed E-state index contributed by atoms with van der Waals surface area (Å²) in [5.41, 5.74) is 7.10. The first-order chi connectivity index (χ1) is 8.13. The van der Waals surface area contributed by atoms with Crippen LogP contribution in [0.4, 0.5) is 4.79 Å². The normalized spacial score (nSPS) is 31.1.